The minimum atomic E-state index is -0.622. The summed E-state index contributed by atoms with van der Waals surface area (Å²) in [5, 5.41) is 10.00. The van der Waals surface area contributed by atoms with Gasteiger partial charge >= 0.3 is 0 Å². The van der Waals surface area contributed by atoms with Crippen LogP contribution in [0.1, 0.15) is 35.6 Å². The quantitative estimate of drug-likeness (QED) is 0.790. The second-order valence-electron chi connectivity index (χ2n) is 4.21. The second kappa shape index (κ2) is 4.71. The zero-order valence-electron chi connectivity index (χ0n) is 9.70. The predicted molar refractivity (Wildman–Crippen MR) is 64.8 cm³/mol. The van der Waals surface area contributed by atoms with Crippen LogP contribution in [0.4, 0.5) is 0 Å². The van der Waals surface area contributed by atoms with E-state index in [4.69, 9.17) is 4.74 Å². The Kier molecular flexibility index (Phi) is 3.30. The molecule has 1 aromatic carbocycles. The lowest BCUT2D eigenvalue weighted by atomic mass is 9.86. The highest BCUT2D eigenvalue weighted by molar-refractivity contribution is 5.48. The van der Waals surface area contributed by atoms with Crippen molar-refractivity contribution in [3.8, 4) is 5.75 Å². The van der Waals surface area contributed by atoms with E-state index in [1.54, 1.807) is 13.2 Å². The van der Waals surface area contributed by atoms with Crippen molar-refractivity contribution in [3.63, 3.8) is 0 Å². The number of methoxy groups -OCH3 is 1. The number of hydrogen-bond donors (Lipinski definition) is 1. The monoisotopic (exact) mass is 218 g/mol. The van der Waals surface area contributed by atoms with Gasteiger partial charge in [0, 0.05) is 5.56 Å². The van der Waals surface area contributed by atoms with Gasteiger partial charge in [0.2, 0.25) is 0 Å². The fourth-order valence-electron chi connectivity index (χ4n) is 2.46. The summed E-state index contributed by atoms with van der Waals surface area (Å²) in [6.07, 6.45) is 5.51. The van der Waals surface area contributed by atoms with Gasteiger partial charge in [-0.3, -0.25) is 0 Å². The summed E-state index contributed by atoms with van der Waals surface area (Å²) in [7, 11) is 1.64. The van der Waals surface area contributed by atoms with Crippen LogP contribution in [-0.4, -0.2) is 12.2 Å². The van der Waals surface area contributed by atoms with E-state index < -0.39 is 6.10 Å². The maximum atomic E-state index is 10.00. The third-order valence-corrected chi connectivity index (χ3v) is 3.28. The Labute approximate surface area is 96.6 Å². The third kappa shape index (κ3) is 1.85. The van der Waals surface area contributed by atoms with Gasteiger partial charge in [-0.1, -0.05) is 12.1 Å². The molecule has 16 heavy (non-hydrogen) atoms. The Balaban J connectivity index is 2.55. The van der Waals surface area contributed by atoms with Crippen molar-refractivity contribution < 1.29 is 9.84 Å². The zero-order chi connectivity index (χ0) is 11.5. The van der Waals surface area contributed by atoms with Crippen LogP contribution < -0.4 is 4.74 Å². The summed E-state index contributed by atoms with van der Waals surface area (Å²) in [4.78, 5) is 0. The smallest absolute Gasteiger partial charge is 0.125 e. The lowest BCUT2D eigenvalue weighted by Crippen LogP contribution is -2.10. The number of aliphatic hydroxyl groups is 1. The van der Waals surface area contributed by atoms with Crippen molar-refractivity contribution in [3.05, 3.63) is 41.5 Å². The molecule has 0 fully saturated rings. The van der Waals surface area contributed by atoms with E-state index in [9.17, 15) is 5.11 Å². The van der Waals surface area contributed by atoms with Crippen LogP contribution in [0.15, 0.2) is 24.8 Å². The van der Waals surface area contributed by atoms with E-state index in [1.807, 2.05) is 6.07 Å². The molecule has 1 atom stereocenters. The van der Waals surface area contributed by atoms with Gasteiger partial charge in [-0.05, 0) is 42.9 Å². The van der Waals surface area contributed by atoms with Gasteiger partial charge in [-0.25, -0.2) is 0 Å². The van der Waals surface area contributed by atoms with Crippen LogP contribution in [0.2, 0.25) is 0 Å². The zero-order valence-corrected chi connectivity index (χ0v) is 9.70. The molecule has 2 heteroatoms. The van der Waals surface area contributed by atoms with Gasteiger partial charge in [0.05, 0.1) is 7.11 Å². The standard InChI is InChI=1S/C14H18O2/c1-3-12(15)14-11-7-5-4-6-10(11)8-9-13(14)16-2/h3,8-9,12,15H,1,4-7H2,2H3. The number of fused-ring (bicyclic) bond motifs is 1. The average Bonchev–Trinajstić information content (AvgIpc) is 2.36. The van der Waals surface area contributed by atoms with E-state index in [0.717, 1.165) is 24.2 Å². The van der Waals surface area contributed by atoms with Crippen molar-refractivity contribution in [2.24, 2.45) is 0 Å². The molecule has 1 aromatic rings. The second-order valence-corrected chi connectivity index (χ2v) is 4.21. The summed E-state index contributed by atoms with van der Waals surface area (Å²) in [6.45, 7) is 3.66. The molecule has 0 spiro atoms. The molecule has 0 saturated carbocycles. The average molecular weight is 218 g/mol. The molecule has 0 bridgehead atoms. The minimum Gasteiger partial charge on any atom is -0.496 e. The molecular weight excluding hydrogens is 200 g/mol. The lowest BCUT2D eigenvalue weighted by molar-refractivity contribution is 0.221. The highest BCUT2D eigenvalue weighted by Gasteiger charge is 2.20. The molecule has 0 radical (unpaired) electrons. The summed E-state index contributed by atoms with van der Waals surface area (Å²) in [5.41, 5.74) is 3.52. The largest absolute Gasteiger partial charge is 0.496 e. The van der Waals surface area contributed by atoms with E-state index >= 15 is 0 Å². The van der Waals surface area contributed by atoms with Gasteiger partial charge in [0.15, 0.2) is 0 Å². The molecule has 2 nitrogen and oxygen atoms in total. The summed E-state index contributed by atoms with van der Waals surface area (Å²) < 4.78 is 5.33. The summed E-state index contributed by atoms with van der Waals surface area (Å²) in [5.74, 6) is 0.771. The van der Waals surface area contributed by atoms with Crippen molar-refractivity contribution >= 4 is 0 Å². The van der Waals surface area contributed by atoms with Crippen LogP contribution >= 0.6 is 0 Å². The van der Waals surface area contributed by atoms with Gasteiger partial charge in [-0.15, -0.1) is 6.58 Å². The molecular formula is C14H18O2. The first kappa shape index (κ1) is 11.2. The first-order chi connectivity index (χ1) is 7.77. The molecule has 0 amide bonds. The molecule has 0 saturated heterocycles. The van der Waals surface area contributed by atoms with Crippen molar-refractivity contribution in [1.29, 1.82) is 0 Å². The number of hydrogen-bond acceptors (Lipinski definition) is 2. The first-order valence-corrected chi connectivity index (χ1v) is 5.77. The van der Waals surface area contributed by atoms with Gasteiger partial charge in [-0.2, -0.15) is 0 Å². The van der Waals surface area contributed by atoms with Crippen molar-refractivity contribution in [2.75, 3.05) is 7.11 Å². The van der Waals surface area contributed by atoms with Crippen molar-refractivity contribution in [2.45, 2.75) is 31.8 Å². The fourth-order valence-corrected chi connectivity index (χ4v) is 2.46. The van der Waals surface area contributed by atoms with Crippen LogP contribution in [0, 0.1) is 0 Å². The Bertz CT molecular complexity index is 396. The number of benzene rings is 1. The highest BCUT2D eigenvalue weighted by Crippen LogP contribution is 2.35. The molecule has 2 rings (SSSR count). The topological polar surface area (TPSA) is 29.5 Å². The molecule has 0 aliphatic heterocycles. The van der Waals surface area contributed by atoms with E-state index in [1.165, 1.54) is 24.0 Å². The Hall–Kier alpha value is -1.28. The van der Waals surface area contributed by atoms with Crippen LogP contribution in [0.25, 0.3) is 0 Å². The number of ether oxygens (including phenoxy) is 1. The first-order valence-electron chi connectivity index (χ1n) is 5.77. The SMILES string of the molecule is C=CC(O)c1c(OC)ccc2c1CCCC2. The normalized spacial score (nSPS) is 16.4. The highest BCUT2D eigenvalue weighted by atomic mass is 16.5. The molecule has 0 heterocycles. The Morgan fingerprint density at radius 1 is 1.38 bits per heavy atom. The molecule has 1 N–H and O–H groups in total. The van der Waals surface area contributed by atoms with Crippen LogP contribution in [0.5, 0.6) is 5.75 Å². The number of aryl methyl sites for hydroxylation is 1. The fraction of sp³-hybridized carbons (Fsp3) is 0.429. The molecule has 1 aliphatic rings. The van der Waals surface area contributed by atoms with Gasteiger partial charge in [0.25, 0.3) is 0 Å². The Morgan fingerprint density at radius 3 is 2.81 bits per heavy atom. The molecule has 86 valence electrons. The molecule has 1 aliphatic carbocycles. The van der Waals surface area contributed by atoms with Crippen LogP contribution in [-0.2, 0) is 12.8 Å². The van der Waals surface area contributed by atoms with Crippen LogP contribution in [0.3, 0.4) is 0 Å². The van der Waals surface area contributed by atoms with Gasteiger partial charge < -0.3 is 9.84 Å². The van der Waals surface area contributed by atoms with Crippen molar-refractivity contribution in [1.82, 2.24) is 0 Å². The van der Waals surface area contributed by atoms with E-state index in [2.05, 4.69) is 12.6 Å². The summed E-state index contributed by atoms with van der Waals surface area (Å²) >= 11 is 0. The Morgan fingerprint density at radius 2 is 2.12 bits per heavy atom. The minimum absolute atomic E-state index is 0.622. The third-order valence-electron chi connectivity index (χ3n) is 3.28. The maximum absolute atomic E-state index is 10.00. The molecule has 1 unspecified atom stereocenters. The number of rotatable bonds is 3. The van der Waals surface area contributed by atoms with Gasteiger partial charge in [0.1, 0.15) is 11.9 Å². The van der Waals surface area contributed by atoms with E-state index in [0.29, 0.717) is 0 Å². The maximum Gasteiger partial charge on any atom is 0.125 e. The van der Waals surface area contributed by atoms with E-state index in [-0.39, 0.29) is 0 Å². The summed E-state index contributed by atoms with van der Waals surface area (Å²) in [6, 6.07) is 4.07. The molecule has 0 aromatic heterocycles. The number of aliphatic hydroxyl groups excluding tert-OH is 1. The predicted octanol–water partition coefficient (Wildman–Crippen LogP) is 2.79. The lowest BCUT2D eigenvalue weighted by Gasteiger charge is -2.23.